The maximum atomic E-state index is 12.8. The minimum Gasteiger partial charge on any atom is -0.550 e. The van der Waals surface area contributed by atoms with Crippen LogP contribution in [0.1, 0.15) is 125 Å². The molecule has 0 aromatic rings. The first-order chi connectivity index (χ1) is 29.6. The van der Waals surface area contributed by atoms with E-state index in [-0.39, 0.29) is 95.0 Å². The van der Waals surface area contributed by atoms with Crippen molar-refractivity contribution in [2.24, 2.45) is 32.1 Å². The summed E-state index contributed by atoms with van der Waals surface area (Å²) >= 11 is 0. The second kappa shape index (κ2) is 17.6. The van der Waals surface area contributed by atoms with E-state index in [2.05, 4.69) is 10.3 Å². The zero-order valence-electron chi connectivity index (χ0n) is 36.0. The monoisotopic (exact) mass is 887 g/mol. The summed E-state index contributed by atoms with van der Waals surface area (Å²) in [5, 5.41) is 102. The number of carbonyl (C=O) groups is 8. The lowest BCUT2D eigenvalue weighted by Crippen LogP contribution is -2.70. The Balaban J connectivity index is 1.99. The van der Waals surface area contributed by atoms with Crippen LogP contribution in [0.4, 0.5) is 0 Å². The van der Waals surface area contributed by atoms with Gasteiger partial charge in [-0.1, -0.05) is 13.8 Å². The topological polar surface area (TPSA) is 372 Å². The van der Waals surface area contributed by atoms with E-state index in [1.165, 1.54) is 40.7 Å². The average molecular weight is 888 g/mol. The number of allylic oxidation sites excluding steroid dienone is 4. The molecule has 0 radical (unpaired) electrons. The molecular formula is C44H47N4O16-7. The second-order valence-corrected chi connectivity index (χ2v) is 18.2. The molecule has 0 aromatic heterocycles. The molecule has 0 amide bonds. The number of nitrogens with zero attached hydrogens (tertiary/aromatic N) is 2. The van der Waals surface area contributed by atoms with Crippen molar-refractivity contribution in [2.45, 2.75) is 136 Å². The summed E-state index contributed by atoms with van der Waals surface area (Å²) in [4.78, 5) is 112. The highest BCUT2D eigenvalue weighted by atomic mass is 16.4. The summed E-state index contributed by atoms with van der Waals surface area (Å²) in [6.45, 7) is 7.47. The number of nitrogens with one attached hydrogen (secondary N) is 2. The Labute approximate surface area is 367 Å². The molecule has 1 fully saturated rings. The van der Waals surface area contributed by atoms with Crippen molar-refractivity contribution < 1.29 is 84.2 Å². The van der Waals surface area contributed by atoms with Crippen molar-refractivity contribution in [3.05, 3.63) is 45.5 Å². The third-order valence-corrected chi connectivity index (χ3v) is 14.1. The van der Waals surface area contributed by atoms with E-state index >= 15 is 0 Å². The molecule has 5 rings (SSSR count). The highest BCUT2D eigenvalue weighted by Crippen LogP contribution is 2.60. The predicted octanol–water partition coefficient (Wildman–Crippen LogP) is -7.65. The lowest BCUT2D eigenvalue weighted by Gasteiger charge is -2.45. The number of carboxylic acid groups (broad SMARTS) is 8. The highest BCUT2D eigenvalue weighted by Gasteiger charge is 2.62. The van der Waals surface area contributed by atoms with Crippen LogP contribution < -0.4 is 51.2 Å². The normalized spacial score (nSPS) is 30.4. The summed E-state index contributed by atoms with van der Waals surface area (Å²) in [7, 11) is 0. The van der Waals surface area contributed by atoms with Crippen molar-refractivity contribution >= 4 is 64.9 Å². The zero-order chi connectivity index (χ0) is 47.9. The molecule has 346 valence electrons. The van der Waals surface area contributed by atoms with Gasteiger partial charge < -0.3 is 84.5 Å². The molecule has 6 atom stereocenters. The maximum absolute atomic E-state index is 12.8. The van der Waals surface area contributed by atoms with E-state index < -0.39 is 132 Å². The minimum absolute atomic E-state index is 0.0335. The summed E-state index contributed by atoms with van der Waals surface area (Å²) in [5.41, 5.74) is -7.64. The van der Waals surface area contributed by atoms with Crippen LogP contribution in [0.15, 0.2) is 55.4 Å². The molecular weight excluding hydrogens is 840 g/mol. The molecule has 0 saturated carbocycles. The highest BCUT2D eigenvalue weighted by molar-refractivity contribution is 6.18. The first-order valence-corrected chi connectivity index (χ1v) is 20.7. The Morgan fingerprint density at radius 1 is 0.672 bits per heavy atom. The largest absolute Gasteiger partial charge is 0.550 e. The molecule has 0 aromatic carbocycles. The van der Waals surface area contributed by atoms with Crippen LogP contribution >= 0.6 is 0 Å². The molecule has 64 heavy (non-hydrogen) atoms. The maximum Gasteiger partial charge on any atom is 0.192 e. The van der Waals surface area contributed by atoms with Crippen molar-refractivity contribution in [1.82, 2.24) is 5.32 Å². The second-order valence-electron chi connectivity index (χ2n) is 18.2. The Hall–Kier alpha value is -6.47. The van der Waals surface area contributed by atoms with E-state index in [0.717, 1.165) is 0 Å². The molecule has 20 heteroatoms. The standard InChI is InChI=1S/C44H54N4O16/c1-40(13-12-34(55)56)25(15-36(59)60)39-44(5)42(3,20-38(63)64)23(8-11-33(53)54)27(48-44)17-30-41(2,19-37(61)62)22(7-10-32(51)52)28(45-30)18-43(4)24(14-35(57)58)21(6-9-31(49)50)26(47-43)16-29(40)46-39/h17,23,48H,6-16,18-20H2,1-5H3,(H,49,50)(H,51,52)(H,53,54)(H,55,56)(H,57,58)(H,59,60)(H,61,62)(H,63,64)/p-7/b27-17-/t23-,40-,41+,42+,43+,44+/m1/s1. The van der Waals surface area contributed by atoms with Gasteiger partial charge in [-0.05, 0) is 95.3 Å². The Kier molecular flexibility index (Phi) is 13.4. The van der Waals surface area contributed by atoms with Gasteiger partial charge in [0, 0.05) is 119 Å². The Morgan fingerprint density at radius 2 is 1.23 bits per heavy atom. The van der Waals surface area contributed by atoms with Gasteiger partial charge in [-0.2, -0.15) is 0 Å². The summed E-state index contributed by atoms with van der Waals surface area (Å²) in [6.07, 6.45) is -6.42. The molecule has 5 aliphatic heterocycles. The van der Waals surface area contributed by atoms with Gasteiger partial charge in [0.1, 0.15) is 0 Å². The molecule has 5 aliphatic rings. The first-order valence-electron chi connectivity index (χ1n) is 20.7. The SMILES string of the molecule is C[C@]1(CCC(=O)[O-])C2=NC(=C1CC(=O)[O-])[C@]1(C)N/C(=C\C3=[NH+]C(=C(CCC(=O)[O-])[C@]3(C)CC(=O)[O-])C[C@]3(C)N=C(C2)C(CCC(=O)[O-])=C3CC(=O)[O-])[C@@H](CCC(=O)[O-])[C@]1(C)CC(=O)[O-]. The number of aliphatic imine (C=N–C) groups is 2. The van der Waals surface area contributed by atoms with Gasteiger partial charge in [-0.15, -0.1) is 0 Å². The van der Waals surface area contributed by atoms with Crippen LogP contribution in [0.25, 0.3) is 0 Å². The van der Waals surface area contributed by atoms with Crippen molar-refractivity contribution in [2.75, 3.05) is 0 Å². The van der Waals surface area contributed by atoms with E-state index in [9.17, 15) is 79.2 Å². The fourth-order valence-corrected chi connectivity index (χ4v) is 10.7. The number of hydrogen-bond donors (Lipinski definition) is 2. The molecule has 1 saturated heterocycles. The summed E-state index contributed by atoms with van der Waals surface area (Å²) < 4.78 is 0. The molecule has 0 unspecified atom stereocenters. The fourth-order valence-electron chi connectivity index (χ4n) is 10.7. The molecule has 0 aliphatic carbocycles. The number of carbonyl (C=O) groups excluding carboxylic acids is 8. The van der Waals surface area contributed by atoms with Crippen molar-refractivity contribution in [3.63, 3.8) is 0 Å². The van der Waals surface area contributed by atoms with Gasteiger partial charge in [0.05, 0.1) is 28.6 Å². The Morgan fingerprint density at radius 3 is 1.78 bits per heavy atom. The van der Waals surface area contributed by atoms with Gasteiger partial charge in [-0.25, -0.2) is 4.99 Å². The minimum atomic E-state index is -1.82. The van der Waals surface area contributed by atoms with E-state index in [4.69, 9.17) is 9.98 Å². The lowest BCUT2D eigenvalue weighted by molar-refractivity contribution is -0.399. The summed E-state index contributed by atoms with van der Waals surface area (Å²) in [6, 6.07) is 0. The van der Waals surface area contributed by atoms with E-state index in [1.54, 1.807) is 0 Å². The van der Waals surface area contributed by atoms with Gasteiger partial charge >= 0.3 is 0 Å². The first kappa shape index (κ1) is 48.6. The predicted molar refractivity (Wildman–Crippen MR) is 202 cm³/mol. The van der Waals surface area contributed by atoms with Crippen LogP contribution in [0, 0.1) is 22.2 Å². The third-order valence-electron chi connectivity index (χ3n) is 14.1. The quantitative estimate of drug-likeness (QED) is 0.115. The molecule has 5 heterocycles. The average Bonchev–Trinajstić information content (AvgIpc) is 3.72. The van der Waals surface area contributed by atoms with Gasteiger partial charge in [0.2, 0.25) is 0 Å². The number of fused-ring (bicyclic) bond motifs is 6. The third kappa shape index (κ3) is 9.12. The summed E-state index contributed by atoms with van der Waals surface area (Å²) in [5.74, 6) is -13.6. The smallest absolute Gasteiger partial charge is 0.192 e. The van der Waals surface area contributed by atoms with Crippen LogP contribution in [0.5, 0.6) is 0 Å². The Bertz CT molecular complexity index is 2350. The number of aliphatic carboxylic acids is 8. The molecule has 2 N–H and O–H groups in total. The molecule has 0 spiro atoms. The van der Waals surface area contributed by atoms with E-state index in [1.807, 2.05) is 0 Å². The molecule has 8 bridgehead atoms. The molecule has 20 nitrogen and oxygen atoms in total. The van der Waals surface area contributed by atoms with Crippen LogP contribution in [-0.4, -0.2) is 76.0 Å². The lowest BCUT2D eigenvalue weighted by atomic mass is 9.61. The van der Waals surface area contributed by atoms with Gasteiger partial charge in [0.15, 0.2) is 11.4 Å². The fraction of sp³-hybridized carbons (Fsp3) is 0.568. The number of carboxylic acids is 8. The van der Waals surface area contributed by atoms with Crippen LogP contribution in [-0.2, 0) is 38.4 Å². The van der Waals surface area contributed by atoms with Crippen LogP contribution in [0.2, 0.25) is 0 Å². The number of hydrogen-bond acceptors (Lipinski definition) is 19. The van der Waals surface area contributed by atoms with Crippen molar-refractivity contribution in [3.8, 4) is 0 Å². The van der Waals surface area contributed by atoms with Gasteiger partial charge in [0.25, 0.3) is 0 Å². The van der Waals surface area contributed by atoms with E-state index in [0.29, 0.717) is 0 Å². The van der Waals surface area contributed by atoms with Crippen LogP contribution in [0.3, 0.4) is 0 Å². The zero-order valence-corrected chi connectivity index (χ0v) is 36.0. The number of rotatable bonds is 20. The van der Waals surface area contributed by atoms with Gasteiger partial charge in [-0.3, -0.25) is 9.98 Å². The van der Waals surface area contributed by atoms with Crippen molar-refractivity contribution in [1.29, 1.82) is 0 Å².